The van der Waals surface area contributed by atoms with E-state index in [1.807, 2.05) is 0 Å². The average Bonchev–Trinajstić information content (AvgIpc) is 2.36. The number of hydrogen-bond acceptors (Lipinski definition) is 2. The van der Waals surface area contributed by atoms with Crippen LogP contribution in [0.1, 0.15) is 10.4 Å². The van der Waals surface area contributed by atoms with E-state index in [-0.39, 0.29) is 5.78 Å². The van der Waals surface area contributed by atoms with Crippen molar-refractivity contribution in [2.24, 2.45) is 4.99 Å². The van der Waals surface area contributed by atoms with E-state index in [9.17, 15) is 9.59 Å². The second kappa shape index (κ2) is 5.94. The first-order chi connectivity index (χ1) is 8.99. The summed E-state index contributed by atoms with van der Waals surface area (Å²) in [6.07, 6.45) is 2.98. The highest BCUT2D eigenvalue weighted by Gasteiger charge is 2.18. The molecule has 19 heavy (non-hydrogen) atoms. The average molecular weight is 403 g/mol. The number of benzene rings is 1. The minimum Gasteiger partial charge on any atom is -0.287 e. The number of carbonyl (C=O) groups excluding carboxylic acids is 2. The number of allylic oxidation sites excluding steroid dienone is 4. The van der Waals surface area contributed by atoms with E-state index in [1.165, 1.54) is 12.2 Å². The summed E-state index contributed by atoms with van der Waals surface area (Å²) in [5.41, 5.74) is 0.700. The van der Waals surface area contributed by atoms with Gasteiger partial charge in [-0.05, 0) is 56.1 Å². The van der Waals surface area contributed by atoms with Gasteiger partial charge in [-0.25, -0.2) is 4.99 Å². The monoisotopic (exact) mass is 401 g/mol. The van der Waals surface area contributed by atoms with Gasteiger partial charge < -0.3 is 0 Å². The highest BCUT2D eigenvalue weighted by atomic mass is 79.9. The summed E-state index contributed by atoms with van der Waals surface area (Å²) >= 11 is 12.2. The van der Waals surface area contributed by atoms with Gasteiger partial charge in [0, 0.05) is 0 Å². The Morgan fingerprint density at radius 3 is 2.26 bits per heavy atom. The maximum atomic E-state index is 12.0. The summed E-state index contributed by atoms with van der Waals surface area (Å²) in [6.45, 7) is 0. The van der Waals surface area contributed by atoms with E-state index >= 15 is 0 Å². The number of carbonyl (C=O) groups is 2. The number of aliphatic imine (C=N–C) groups is 1. The van der Waals surface area contributed by atoms with Crippen LogP contribution in [0.5, 0.6) is 0 Å². The molecule has 1 aromatic carbocycles. The highest BCUT2D eigenvalue weighted by Crippen LogP contribution is 2.23. The standard InChI is InChI=1S/C13H6Br2ClNO2/c14-9-5-7(6-10(15)12(9)18)17-13(19)8-3-1-2-4-11(8)16/h1-6H. The number of nitrogens with zero attached hydrogens (tertiary/aromatic N) is 1. The Balaban J connectivity index is 2.36. The topological polar surface area (TPSA) is 46.5 Å². The van der Waals surface area contributed by atoms with Gasteiger partial charge in [0.25, 0.3) is 5.91 Å². The minimum atomic E-state index is -0.456. The van der Waals surface area contributed by atoms with Crippen LogP contribution in [0.15, 0.2) is 50.4 Å². The van der Waals surface area contributed by atoms with Crippen molar-refractivity contribution in [1.82, 2.24) is 0 Å². The lowest BCUT2D eigenvalue weighted by atomic mass is 10.1. The summed E-state index contributed by atoms with van der Waals surface area (Å²) in [5.74, 6) is -0.646. The van der Waals surface area contributed by atoms with Gasteiger partial charge in [0.15, 0.2) is 0 Å². The predicted octanol–water partition coefficient (Wildman–Crippen LogP) is 4.06. The Labute approximate surface area is 131 Å². The maximum absolute atomic E-state index is 12.0. The molecule has 2 rings (SSSR count). The summed E-state index contributed by atoms with van der Waals surface area (Å²) in [7, 11) is 0. The molecule has 0 aliphatic heterocycles. The SMILES string of the molecule is O=C1C(Br)=CC(=NC(=O)c2ccccc2Cl)C=C1Br. The second-order valence-corrected chi connectivity index (χ2v) is 5.75. The van der Waals surface area contributed by atoms with Gasteiger partial charge in [0.2, 0.25) is 5.78 Å². The molecule has 1 aliphatic rings. The van der Waals surface area contributed by atoms with Gasteiger partial charge in [-0.2, -0.15) is 0 Å². The molecule has 0 fully saturated rings. The first-order valence-corrected chi connectivity index (χ1v) is 7.12. The lowest BCUT2D eigenvalue weighted by Gasteiger charge is -2.06. The van der Waals surface area contributed by atoms with Crippen molar-refractivity contribution in [2.75, 3.05) is 0 Å². The number of Topliss-reactive ketones (excluding diaryl/α,β-unsaturated/α-hetero) is 1. The van der Waals surface area contributed by atoms with E-state index in [1.54, 1.807) is 24.3 Å². The number of halogens is 3. The first-order valence-electron chi connectivity index (χ1n) is 5.15. The van der Waals surface area contributed by atoms with E-state index < -0.39 is 5.91 Å². The molecule has 0 radical (unpaired) electrons. The Morgan fingerprint density at radius 2 is 1.68 bits per heavy atom. The summed E-state index contributed by atoms with van der Waals surface area (Å²) < 4.78 is 0.681. The molecule has 0 saturated carbocycles. The van der Waals surface area contributed by atoms with Crippen molar-refractivity contribution in [3.05, 3.63) is 56.0 Å². The molecule has 6 heteroatoms. The Kier molecular flexibility index (Phi) is 4.50. The van der Waals surface area contributed by atoms with Gasteiger partial charge in [-0.15, -0.1) is 0 Å². The third-order valence-electron chi connectivity index (χ3n) is 2.32. The summed E-state index contributed by atoms with van der Waals surface area (Å²) in [4.78, 5) is 27.4. The van der Waals surface area contributed by atoms with Crippen molar-refractivity contribution >= 4 is 60.9 Å². The fourth-order valence-corrected chi connectivity index (χ4v) is 2.80. The predicted molar refractivity (Wildman–Crippen MR) is 82.2 cm³/mol. The van der Waals surface area contributed by atoms with Crippen molar-refractivity contribution in [3.63, 3.8) is 0 Å². The van der Waals surface area contributed by atoms with Crippen LogP contribution in [0.3, 0.4) is 0 Å². The third-order valence-corrected chi connectivity index (χ3v) is 3.83. The first kappa shape index (κ1) is 14.4. The summed E-state index contributed by atoms with van der Waals surface area (Å²) in [5, 5.41) is 0.342. The van der Waals surface area contributed by atoms with Crippen LogP contribution in [0.4, 0.5) is 0 Å². The molecular weight excluding hydrogens is 397 g/mol. The van der Waals surface area contributed by atoms with Crippen LogP contribution >= 0.6 is 43.5 Å². The molecule has 96 valence electrons. The molecule has 0 heterocycles. The maximum Gasteiger partial charge on any atom is 0.279 e. The molecule has 0 N–H and O–H groups in total. The Hall–Kier alpha value is -1.04. The van der Waals surface area contributed by atoms with Gasteiger partial charge in [0.1, 0.15) is 0 Å². The van der Waals surface area contributed by atoms with E-state index in [0.29, 0.717) is 25.3 Å². The van der Waals surface area contributed by atoms with Crippen LogP contribution in [0.25, 0.3) is 0 Å². The zero-order valence-electron chi connectivity index (χ0n) is 9.36. The van der Waals surface area contributed by atoms with Crippen LogP contribution in [0, 0.1) is 0 Å². The van der Waals surface area contributed by atoms with Crippen molar-refractivity contribution in [1.29, 1.82) is 0 Å². The molecule has 0 atom stereocenters. The zero-order valence-corrected chi connectivity index (χ0v) is 13.3. The second-order valence-electron chi connectivity index (χ2n) is 3.64. The Morgan fingerprint density at radius 1 is 1.11 bits per heavy atom. The van der Waals surface area contributed by atoms with Gasteiger partial charge in [-0.1, -0.05) is 23.7 Å². The van der Waals surface area contributed by atoms with E-state index in [2.05, 4.69) is 36.9 Å². The quantitative estimate of drug-likeness (QED) is 0.664. The van der Waals surface area contributed by atoms with Gasteiger partial charge >= 0.3 is 0 Å². The molecule has 1 amide bonds. The van der Waals surface area contributed by atoms with Crippen molar-refractivity contribution in [3.8, 4) is 0 Å². The lowest BCUT2D eigenvalue weighted by Crippen LogP contribution is -2.09. The fraction of sp³-hybridized carbons (Fsp3) is 0. The lowest BCUT2D eigenvalue weighted by molar-refractivity contribution is -0.110. The molecule has 0 saturated heterocycles. The summed E-state index contributed by atoms with van der Waals surface area (Å²) in [6, 6.07) is 6.66. The zero-order chi connectivity index (χ0) is 14.0. The van der Waals surface area contributed by atoms with Crippen LogP contribution in [-0.2, 0) is 4.79 Å². The van der Waals surface area contributed by atoms with Crippen molar-refractivity contribution < 1.29 is 9.59 Å². The molecule has 1 aliphatic carbocycles. The Bertz CT molecular complexity index is 638. The number of rotatable bonds is 1. The molecular formula is C13H6Br2ClNO2. The molecule has 3 nitrogen and oxygen atoms in total. The van der Waals surface area contributed by atoms with E-state index in [4.69, 9.17) is 11.6 Å². The van der Waals surface area contributed by atoms with Gasteiger partial charge in [-0.3, -0.25) is 9.59 Å². The van der Waals surface area contributed by atoms with Crippen LogP contribution in [0.2, 0.25) is 5.02 Å². The molecule has 1 aromatic rings. The normalized spacial score (nSPS) is 14.9. The van der Waals surface area contributed by atoms with E-state index in [0.717, 1.165) is 0 Å². The molecule has 0 aromatic heterocycles. The van der Waals surface area contributed by atoms with Crippen LogP contribution < -0.4 is 0 Å². The number of hydrogen-bond donors (Lipinski definition) is 0. The minimum absolute atomic E-state index is 0.191. The highest BCUT2D eigenvalue weighted by molar-refractivity contribution is 9.13. The molecule has 0 bridgehead atoms. The van der Waals surface area contributed by atoms with Gasteiger partial charge in [0.05, 0.1) is 25.3 Å². The molecule has 0 unspecified atom stereocenters. The molecule has 0 spiro atoms. The van der Waals surface area contributed by atoms with Crippen LogP contribution in [-0.4, -0.2) is 17.4 Å². The smallest absolute Gasteiger partial charge is 0.279 e. The largest absolute Gasteiger partial charge is 0.287 e. The third kappa shape index (κ3) is 3.29. The van der Waals surface area contributed by atoms with Crippen molar-refractivity contribution in [2.45, 2.75) is 0 Å². The number of amides is 1. The number of ketones is 1. The fourth-order valence-electron chi connectivity index (χ4n) is 1.42.